The zero-order chi connectivity index (χ0) is 17.0. The van der Waals surface area contributed by atoms with Gasteiger partial charge in [-0.15, -0.1) is 11.3 Å². The Morgan fingerprint density at radius 2 is 2.13 bits per heavy atom. The van der Waals surface area contributed by atoms with Crippen LogP contribution in [0.3, 0.4) is 0 Å². The predicted molar refractivity (Wildman–Crippen MR) is 87.2 cm³/mol. The van der Waals surface area contributed by atoms with Crippen molar-refractivity contribution in [1.82, 2.24) is 10.3 Å². The van der Waals surface area contributed by atoms with Crippen LogP contribution < -0.4 is 10.6 Å². The van der Waals surface area contributed by atoms with Gasteiger partial charge in [-0.3, -0.25) is 4.79 Å². The second-order valence-corrected chi connectivity index (χ2v) is 6.75. The van der Waals surface area contributed by atoms with Gasteiger partial charge in [-0.05, 0) is 39.0 Å². The molecular formula is C15H16N4O3S. The van der Waals surface area contributed by atoms with Crippen LogP contribution in [0, 0.1) is 11.3 Å². The van der Waals surface area contributed by atoms with Crippen molar-refractivity contribution < 1.29 is 14.3 Å². The van der Waals surface area contributed by atoms with Gasteiger partial charge in [0.2, 0.25) is 5.91 Å². The minimum Gasteiger partial charge on any atom is -0.444 e. The summed E-state index contributed by atoms with van der Waals surface area (Å²) in [4.78, 5) is 27.4. The van der Waals surface area contributed by atoms with Gasteiger partial charge in [0.1, 0.15) is 18.2 Å². The Morgan fingerprint density at radius 1 is 1.39 bits per heavy atom. The molecule has 1 heterocycles. The van der Waals surface area contributed by atoms with Crippen LogP contribution in [0.25, 0.3) is 10.2 Å². The third-order valence-electron chi connectivity index (χ3n) is 2.56. The molecular weight excluding hydrogens is 316 g/mol. The average molecular weight is 332 g/mol. The molecule has 0 aliphatic carbocycles. The molecule has 0 spiro atoms. The minimum atomic E-state index is -0.649. The van der Waals surface area contributed by atoms with Gasteiger partial charge in [-0.1, -0.05) is 0 Å². The first kappa shape index (κ1) is 16.7. The Hall–Kier alpha value is -2.66. The standard InChI is InChI=1S/C15H16N4O3S/c1-15(2,3)22-14(21)17-8-12(20)18-9-4-5-10-11(6-9)23-13(7-16)19-10/h4-6H,8H2,1-3H3,(H,17,21)(H,18,20). The number of nitrogens with one attached hydrogen (secondary N) is 2. The molecule has 0 unspecified atom stereocenters. The number of hydrogen-bond donors (Lipinski definition) is 2. The molecule has 2 aromatic rings. The van der Waals surface area contributed by atoms with E-state index in [0.29, 0.717) is 16.2 Å². The quantitative estimate of drug-likeness (QED) is 0.899. The first-order valence-electron chi connectivity index (χ1n) is 6.84. The summed E-state index contributed by atoms with van der Waals surface area (Å²) in [6.07, 6.45) is -0.649. The molecule has 2 amide bonds. The van der Waals surface area contributed by atoms with Gasteiger partial charge in [0.25, 0.3) is 0 Å². The van der Waals surface area contributed by atoms with Crippen molar-refractivity contribution >= 4 is 39.2 Å². The van der Waals surface area contributed by atoms with Gasteiger partial charge >= 0.3 is 6.09 Å². The summed E-state index contributed by atoms with van der Waals surface area (Å²) in [5.41, 5.74) is 0.661. The van der Waals surface area contributed by atoms with E-state index in [1.54, 1.807) is 39.0 Å². The van der Waals surface area contributed by atoms with Crippen LogP contribution in [0.15, 0.2) is 18.2 Å². The Labute approximate surface area is 137 Å². The second kappa shape index (κ2) is 6.62. The summed E-state index contributed by atoms with van der Waals surface area (Å²) >= 11 is 1.25. The number of nitrogens with zero attached hydrogens (tertiary/aromatic N) is 2. The van der Waals surface area contributed by atoms with Crippen LogP contribution in [0.1, 0.15) is 25.8 Å². The number of ether oxygens (including phenoxy) is 1. The predicted octanol–water partition coefficient (Wildman–Crippen LogP) is 2.63. The van der Waals surface area contributed by atoms with Crippen LogP contribution in [0.5, 0.6) is 0 Å². The minimum absolute atomic E-state index is 0.195. The molecule has 0 saturated heterocycles. The van der Waals surface area contributed by atoms with Crippen LogP contribution in [0.4, 0.5) is 10.5 Å². The number of rotatable bonds is 3. The van der Waals surface area contributed by atoms with Crippen molar-refractivity contribution in [2.24, 2.45) is 0 Å². The van der Waals surface area contributed by atoms with Crippen LogP contribution in [-0.2, 0) is 9.53 Å². The monoisotopic (exact) mass is 332 g/mol. The van der Waals surface area contributed by atoms with Gasteiger partial charge in [0.05, 0.1) is 10.2 Å². The van der Waals surface area contributed by atoms with E-state index in [1.807, 2.05) is 6.07 Å². The smallest absolute Gasteiger partial charge is 0.408 e. The van der Waals surface area contributed by atoms with Crippen LogP contribution in [0.2, 0.25) is 0 Å². The van der Waals surface area contributed by atoms with E-state index in [2.05, 4.69) is 15.6 Å². The molecule has 7 nitrogen and oxygen atoms in total. The molecule has 8 heteroatoms. The van der Waals surface area contributed by atoms with Crippen molar-refractivity contribution in [3.8, 4) is 6.07 Å². The highest BCUT2D eigenvalue weighted by Gasteiger charge is 2.16. The molecule has 0 bridgehead atoms. The van der Waals surface area contributed by atoms with E-state index < -0.39 is 11.7 Å². The molecule has 1 aromatic heterocycles. The number of carbonyl (C=O) groups is 2. The fourth-order valence-electron chi connectivity index (χ4n) is 1.72. The highest BCUT2D eigenvalue weighted by Crippen LogP contribution is 2.24. The largest absolute Gasteiger partial charge is 0.444 e. The maximum absolute atomic E-state index is 11.8. The second-order valence-electron chi connectivity index (χ2n) is 5.72. The summed E-state index contributed by atoms with van der Waals surface area (Å²) < 4.78 is 5.85. The fourth-order valence-corrected chi connectivity index (χ4v) is 2.52. The Balaban J connectivity index is 1.93. The zero-order valence-corrected chi connectivity index (χ0v) is 13.8. The molecule has 0 atom stereocenters. The maximum atomic E-state index is 11.8. The molecule has 0 radical (unpaired) electrons. The summed E-state index contributed by atoms with van der Waals surface area (Å²) in [7, 11) is 0. The van der Waals surface area contributed by atoms with E-state index in [4.69, 9.17) is 10.00 Å². The van der Waals surface area contributed by atoms with Crippen LogP contribution >= 0.6 is 11.3 Å². The van der Waals surface area contributed by atoms with E-state index in [1.165, 1.54) is 11.3 Å². The summed E-state index contributed by atoms with van der Waals surface area (Å²) in [6.45, 7) is 5.03. The average Bonchev–Trinajstić information content (AvgIpc) is 2.85. The molecule has 2 rings (SSSR count). The lowest BCUT2D eigenvalue weighted by molar-refractivity contribution is -0.115. The number of anilines is 1. The zero-order valence-electron chi connectivity index (χ0n) is 13.0. The highest BCUT2D eigenvalue weighted by atomic mass is 32.1. The lowest BCUT2D eigenvalue weighted by Gasteiger charge is -2.19. The first-order valence-corrected chi connectivity index (χ1v) is 7.66. The van der Waals surface area contributed by atoms with E-state index >= 15 is 0 Å². The Morgan fingerprint density at radius 3 is 2.78 bits per heavy atom. The number of amides is 2. The number of alkyl carbamates (subject to hydrolysis) is 1. The van der Waals surface area contributed by atoms with Crippen molar-refractivity contribution in [3.63, 3.8) is 0 Å². The van der Waals surface area contributed by atoms with Gasteiger partial charge in [0.15, 0.2) is 5.01 Å². The Kier molecular flexibility index (Phi) is 4.81. The molecule has 120 valence electrons. The Bertz CT molecular complexity index is 786. The topological polar surface area (TPSA) is 104 Å². The third-order valence-corrected chi connectivity index (χ3v) is 3.48. The lowest BCUT2D eigenvalue weighted by atomic mass is 10.2. The van der Waals surface area contributed by atoms with Gasteiger partial charge in [0, 0.05) is 5.69 Å². The number of fused-ring (bicyclic) bond motifs is 1. The van der Waals surface area contributed by atoms with Crippen molar-refractivity contribution in [2.45, 2.75) is 26.4 Å². The molecule has 0 aliphatic heterocycles. The number of benzene rings is 1. The number of nitriles is 1. The molecule has 0 fully saturated rings. The molecule has 23 heavy (non-hydrogen) atoms. The first-order chi connectivity index (χ1) is 10.8. The third kappa shape index (κ3) is 4.93. The molecule has 1 aromatic carbocycles. The van der Waals surface area contributed by atoms with Crippen LogP contribution in [-0.4, -0.2) is 29.1 Å². The van der Waals surface area contributed by atoms with E-state index in [-0.39, 0.29) is 12.5 Å². The fraction of sp³-hybridized carbons (Fsp3) is 0.333. The van der Waals surface area contributed by atoms with Gasteiger partial charge in [-0.25, -0.2) is 9.78 Å². The number of aromatic nitrogens is 1. The number of thiazole rings is 1. The number of hydrogen-bond acceptors (Lipinski definition) is 6. The van der Waals surface area contributed by atoms with Gasteiger partial charge < -0.3 is 15.4 Å². The molecule has 0 aliphatic rings. The SMILES string of the molecule is CC(C)(C)OC(=O)NCC(=O)Nc1ccc2nc(C#N)sc2c1. The maximum Gasteiger partial charge on any atom is 0.408 e. The summed E-state index contributed by atoms with van der Waals surface area (Å²) in [5.74, 6) is -0.375. The van der Waals surface area contributed by atoms with Crippen molar-refractivity contribution in [2.75, 3.05) is 11.9 Å². The van der Waals surface area contributed by atoms with Gasteiger partial charge in [-0.2, -0.15) is 5.26 Å². The van der Waals surface area contributed by atoms with E-state index in [0.717, 1.165) is 4.70 Å². The number of carbonyl (C=O) groups excluding carboxylic acids is 2. The van der Waals surface area contributed by atoms with Crippen molar-refractivity contribution in [3.05, 3.63) is 23.2 Å². The van der Waals surface area contributed by atoms with E-state index in [9.17, 15) is 9.59 Å². The molecule has 2 N–H and O–H groups in total. The summed E-state index contributed by atoms with van der Waals surface area (Å²) in [6, 6.07) is 7.14. The summed E-state index contributed by atoms with van der Waals surface area (Å²) in [5, 5.41) is 14.3. The lowest BCUT2D eigenvalue weighted by Crippen LogP contribution is -2.37. The molecule has 0 saturated carbocycles. The van der Waals surface area contributed by atoms with Crippen molar-refractivity contribution in [1.29, 1.82) is 5.26 Å². The normalized spacial score (nSPS) is 10.9. The highest BCUT2D eigenvalue weighted by molar-refractivity contribution is 7.19.